The molecule has 0 saturated carbocycles. The molecule has 1 atom stereocenters. The van der Waals surface area contributed by atoms with Crippen molar-refractivity contribution in [3.63, 3.8) is 0 Å². The van der Waals surface area contributed by atoms with Crippen molar-refractivity contribution in [3.8, 4) is 0 Å². The van der Waals surface area contributed by atoms with Crippen molar-refractivity contribution in [2.24, 2.45) is 5.73 Å². The van der Waals surface area contributed by atoms with Gasteiger partial charge in [0.2, 0.25) is 0 Å². The maximum absolute atomic E-state index is 12.0. The topological polar surface area (TPSA) is 60.9 Å². The molecule has 0 aliphatic heterocycles. The van der Waals surface area contributed by atoms with Gasteiger partial charge in [0.05, 0.1) is 28.3 Å². The molecule has 5 heteroatoms. The Labute approximate surface area is 117 Å². The normalized spacial score (nSPS) is 12.7. The zero-order chi connectivity index (χ0) is 13.7. The van der Waals surface area contributed by atoms with Crippen LogP contribution in [-0.4, -0.2) is 21.6 Å². The van der Waals surface area contributed by atoms with Crippen LogP contribution < -0.4 is 5.73 Å². The summed E-state index contributed by atoms with van der Waals surface area (Å²) in [5.74, 6) is 0.0924. The van der Waals surface area contributed by atoms with Gasteiger partial charge >= 0.3 is 0 Å². The highest BCUT2D eigenvalue weighted by molar-refractivity contribution is 9.10. The molecular formula is C13H22BrN3O. The molecule has 102 valence electrons. The van der Waals surface area contributed by atoms with Crippen molar-refractivity contribution < 1.29 is 4.79 Å². The molecule has 0 saturated heterocycles. The van der Waals surface area contributed by atoms with Gasteiger partial charge in [0.1, 0.15) is 0 Å². The second-order valence-corrected chi connectivity index (χ2v) is 5.21. The third-order valence-electron chi connectivity index (χ3n) is 3.05. The Bertz CT molecular complexity index is 415. The highest BCUT2D eigenvalue weighted by Gasteiger charge is 2.20. The van der Waals surface area contributed by atoms with E-state index >= 15 is 0 Å². The average molecular weight is 316 g/mol. The molecule has 0 aliphatic rings. The van der Waals surface area contributed by atoms with Gasteiger partial charge in [-0.2, -0.15) is 5.10 Å². The summed E-state index contributed by atoms with van der Waals surface area (Å²) in [7, 11) is 0. The number of nitrogens with two attached hydrogens (primary N) is 1. The number of carbonyl (C=O) groups is 1. The van der Waals surface area contributed by atoms with Gasteiger partial charge in [-0.15, -0.1) is 0 Å². The number of hydrogen-bond acceptors (Lipinski definition) is 3. The summed E-state index contributed by atoms with van der Waals surface area (Å²) in [5, 5.41) is 4.48. The molecule has 0 aromatic carbocycles. The fraction of sp³-hybridized carbons (Fsp3) is 0.692. The minimum absolute atomic E-state index is 0.0924. The summed E-state index contributed by atoms with van der Waals surface area (Å²) in [6.45, 7) is 6.89. The number of rotatable bonds is 7. The first-order valence-electron chi connectivity index (χ1n) is 6.57. The Morgan fingerprint density at radius 3 is 2.61 bits per heavy atom. The van der Waals surface area contributed by atoms with Crippen molar-refractivity contribution in [2.45, 2.75) is 59.0 Å². The van der Waals surface area contributed by atoms with Crippen molar-refractivity contribution in [2.75, 3.05) is 0 Å². The van der Waals surface area contributed by atoms with Crippen LogP contribution >= 0.6 is 15.9 Å². The SMILES string of the molecule is CCCC(N)C(=O)Cc1c(Br)c(CC)nn1CC. The predicted octanol–water partition coefficient (Wildman–Crippen LogP) is 2.47. The van der Waals surface area contributed by atoms with Crippen molar-refractivity contribution in [3.05, 3.63) is 15.9 Å². The molecule has 0 radical (unpaired) electrons. The highest BCUT2D eigenvalue weighted by atomic mass is 79.9. The highest BCUT2D eigenvalue weighted by Crippen LogP contribution is 2.23. The summed E-state index contributed by atoms with van der Waals surface area (Å²) in [5.41, 5.74) is 7.82. The zero-order valence-corrected chi connectivity index (χ0v) is 13.0. The van der Waals surface area contributed by atoms with Gasteiger partial charge in [0.25, 0.3) is 0 Å². The monoisotopic (exact) mass is 315 g/mol. The van der Waals surface area contributed by atoms with E-state index in [-0.39, 0.29) is 11.8 Å². The lowest BCUT2D eigenvalue weighted by Crippen LogP contribution is -2.32. The number of aryl methyl sites for hydroxylation is 2. The van der Waals surface area contributed by atoms with E-state index in [0.717, 1.165) is 41.7 Å². The average Bonchev–Trinajstić information content (AvgIpc) is 2.66. The van der Waals surface area contributed by atoms with Gasteiger partial charge in [-0.05, 0) is 35.7 Å². The van der Waals surface area contributed by atoms with Crippen LogP contribution in [0.2, 0.25) is 0 Å². The van der Waals surface area contributed by atoms with E-state index in [9.17, 15) is 4.79 Å². The Hall–Kier alpha value is -0.680. The van der Waals surface area contributed by atoms with E-state index < -0.39 is 0 Å². The number of halogens is 1. The van der Waals surface area contributed by atoms with Crippen LogP contribution in [0.3, 0.4) is 0 Å². The molecule has 0 aliphatic carbocycles. The fourth-order valence-corrected chi connectivity index (χ4v) is 2.66. The number of hydrogen-bond donors (Lipinski definition) is 1. The number of aromatic nitrogens is 2. The second-order valence-electron chi connectivity index (χ2n) is 4.41. The summed E-state index contributed by atoms with van der Waals surface area (Å²) in [4.78, 5) is 12.0. The number of carbonyl (C=O) groups excluding carboxylic acids is 1. The number of Topliss-reactive ketones (excluding diaryl/α,β-unsaturated/α-hetero) is 1. The van der Waals surface area contributed by atoms with E-state index in [1.54, 1.807) is 0 Å². The molecule has 2 N–H and O–H groups in total. The standard InChI is InChI=1S/C13H22BrN3O/c1-4-7-9(15)12(18)8-11-13(14)10(5-2)16-17(11)6-3/h9H,4-8,15H2,1-3H3. The Balaban J connectivity index is 2.89. The van der Waals surface area contributed by atoms with E-state index in [0.29, 0.717) is 6.42 Å². The first kappa shape index (κ1) is 15.4. The molecule has 4 nitrogen and oxygen atoms in total. The molecule has 0 spiro atoms. The van der Waals surface area contributed by atoms with Gasteiger partial charge in [-0.1, -0.05) is 20.3 Å². The van der Waals surface area contributed by atoms with Crippen LogP contribution in [0.5, 0.6) is 0 Å². The second kappa shape index (κ2) is 7.04. The minimum Gasteiger partial charge on any atom is -0.321 e. The lowest BCUT2D eigenvalue weighted by atomic mass is 10.0. The molecule has 0 fully saturated rings. The van der Waals surface area contributed by atoms with Gasteiger partial charge in [-0.3, -0.25) is 9.48 Å². The molecule has 1 heterocycles. The van der Waals surface area contributed by atoms with E-state index in [4.69, 9.17) is 5.73 Å². The van der Waals surface area contributed by atoms with Crippen LogP contribution in [0.1, 0.15) is 45.0 Å². The molecular weight excluding hydrogens is 294 g/mol. The zero-order valence-electron chi connectivity index (χ0n) is 11.4. The maximum atomic E-state index is 12.0. The lowest BCUT2D eigenvalue weighted by molar-refractivity contribution is -0.119. The smallest absolute Gasteiger partial charge is 0.155 e. The van der Waals surface area contributed by atoms with Crippen LogP contribution in [0.25, 0.3) is 0 Å². The van der Waals surface area contributed by atoms with Crippen LogP contribution in [-0.2, 0) is 24.2 Å². The first-order valence-corrected chi connectivity index (χ1v) is 7.36. The summed E-state index contributed by atoms with van der Waals surface area (Å²) >= 11 is 3.54. The molecule has 0 amide bonds. The summed E-state index contributed by atoms with van der Waals surface area (Å²) in [6.07, 6.45) is 2.90. The molecule has 1 unspecified atom stereocenters. The van der Waals surface area contributed by atoms with Crippen molar-refractivity contribution >= 4 is 21.7 Å². The van der Waals surface area contributed by atoms with Gasteiger partial charge in [0, 0.05) is 6.54 Å². The third-order valence-corrected chi connectivity index (χ3v) is 3.96. The predicted molar refractivity (Wildman–Crippen MR) is 76.6 cm³/mol. The van der Waals surface area contributed by atoms with Crippen LogP contribution in [0.4, 0.5) is 0 Å². The largest absolute Gasteiger partial charge is 0.321 e. The number of nitrogens with zero attached hydrogens (tertiary/aromatic N) is 2. The third kappa shape index (κ3) is 3.42. The fourth-order valence-electron chi connectivity index (χ4n) is 1.95. The molecule has 18 heavy (non-hydrogen) atoms. The maximum Gasteiger partial charge on any atom is 0.155 e. The van der Waals surface area contributed by atoms with Crippen LogP contribution in [0, 0.1) is 0 Å². The van der Waals surface area contributed by atoms with Gasteiger partial charge in [0.15, 0.2) is 5.78 Å². The number of ketones is 1. The van der Waals surface area contributed by atoms with Crippen LogP contribution in [0.15, 0.2) is 4.47 Å². The minimum atomic E-state index is -0.354. The van der Waals surface area contributed by atoms with E-state index in [2.05, 4.69) is 28.0 Å². The molecule has 0 bridgehead atoms. The van der Waals surface area contributed by atoms with Crippen molar-refractivity contribution in [1.29, 1.82) is 0 Å². The summed E-state index contributed by atoms with van der Waals surface area (Å²) in [6, 6.07) is -0.354. The van der Waals surface area contributed by atoms with Gasteiger partial charge < -0.3 is 5.73 Å². The molecule has 1 aromatic heterocycles. The van der Waals surface area contributed by atoms with E-state index in [1.165, 1.54) is 0 Å². The molecule has 1 aromatic rings. The molecule has 1 rings (SSSR count). The Morgan fingerprint density at radius 2 is 2.11 bits per heavy atom. The van der Waals surface area contributed by atoms with E-state index in [1.807, 2.05) is 18.5 Å². The first-order chi connectivity index (χ1) is 8.54. The quantitative estimate of drug-likeness (QED) is 0.840. The Kier molecular flexibility index (Phi) is 6.02. The summed E-state index contributed by atoms with van der Waals surface area (Å²) < 4.78 is 2.85. The van der Waals surface area contributed by atoms with Gasteiger partial charge in [-0.25, -0.2) is 0 Å². The van der Waals surface area contributed by atoms with Crippen molar-refractivity contribution in [1.82, 2.24) is 9.78 Å². The Morgan fingerprint density at radius 1 is 1.44 bits per heavy atom. The lowest BCUT2D eigenvalue weighted by Gasteiger charge is -2.10.